The van der Waals surface area contributed by atoms with E-state index in [1.807, 2.05) is 48.5 Å². The molecule has 2 aromatic rings. The van der Waals surface area contributed by atoms with Crippen LogP contribution in [0, 0.1) is 11.8 Å². The normalized spacial score (nSPS) is 10.6. The first-order valence-electron chi connectivity index (χ1n) is 10.5. The summed E-state index contributed by atoms with van der Waals surface area (Å²) in [6.45, 7) is 2.90. The number of nitrogens with zero attached hydrogens (tertiary/aromatic N) is 1. The minimum absolute atomic E-state index is 0.364. The highest BCUT2D eigenvalue weighted by Crippen LogP contribution is 2.13. The Labute approximate surface area is 184 Å². The fraction of sp³-hybridized carbons (Fsp3) is 0.400. The number of carboxylic acid groups (broad SMARTS) is 1. The van der Waals surface area contributed by atoms with Gasteiger partial charge in [-0.2, -0.15) is 5.06 Å². The molecule has 1 N–H and O–H groups in total. The summed E-state index contributed by atoms with van der Waals surface area (Å²) < 4.78 is 0. The highest BCUT2D eigenvalue weighted by atomic mass is 35.5. The third-order valence-corrected chi connectivity index (χ3v) is 4.85. The van der Waals surface area contributed by atoms with E-state index in [1.54, 1.807) is 5.06 Å². The van der Waals surface area contributed by atoms with Gasteiger partial charge in [-0.05, 0) is 48.2 Å². The molecule has 0 saturated carbocycles. The molecule has 0 amide bonds. The van der Waals surface area contributed by atoms with Crippen LogP contribution < -0.4 is 0 Å². The van der Waals surface area contributed by atoms with Crippen LogP contribution in [0.2, 0.25) is 5.02 Å². The second kappa shape index (κ2) is 13.8. The topological polar surface area (TPSA) is 49.8 Å². The molecule has 0 heterocycles. The number of halogens is 1. The van der Waals surface area contributed by atoms with Gasteiger partial charge in [0.25, 0.3) is 0 Å². The summed E-state index contributed by atoms with van der Waals surface area (Å²) in [5.74, 6) is 5.45. The molecule has 2 rings (SSSR count). The highest BCUT2D eigenvalue weighted by molar-refractivity contribution is 6.30. The first-order valence-corrected chi connectivity index (χ1v) is 10.9. The van der Waals surface area contributed by atoms with Gasteiger partial charge in [0, 0.05) is 30.1 Å². The van der Waals surface area contributed by atoms with Gasteiger partial charge in [0.05, 0.1) is 0 Å². The van der Waals surface area contributed by atoms with Gasteiger partial charge in [-0.25, -0.2) is 4.79 Å². The van der Waals surface area contributed by atoms with Crippen molar-refractivity contribution in [1.82, 2.24) is 5.06 Å². The number of unbranched alkanes of at least 4 members (excludes halogenated alkanes) is 4. The second-order valence-electron chi connectivity index (χ2n) is 7.22. The van der Waals surface area contributed by atoms with Gasteiger partial charge in [-0.3, -0.25) is 4.84 Å². The Morgan fingerprint density at radius 3 is 2.60 bits per heavy atom. The molecule has 30 heavy (non-hydrogen) atoms. The average Bonchev–Trinajstić information content (AvgIpc) is 2.73. The van der Waals surface area contributed by atoms with Crippen LogP contribution in [-0.4, -0.2) is 29.3 Å². The smallest absolute Gasteiger partial charge is 0.331 e. The van der Waals surface area contributed by atoms with Crippen molar-refractivity contribution in [2.45, 2.75) is 52.0 Å². The van der Waals surface area contributed by atoms with Crippen LogP contribution in [-0.2, 0) is 22.6 Å². The molecular formula is C25H30ClNO3. The standard InChI is InChI=1S/C25H30ClNO3/c1-2-3-4-5-6-7-9-21-12-14-23(15-13-21)19-27(30-20-25(28)29)17-16-22-10-8-11-24(26)18-22/h8,10-15,18H,2-6,16-17,19-20H2,1H3,(H,28,29). The molecule has 2 aromatic carbocycles. The van der Waals surface area contributed by atoms with Crippen LogP contribution in [0.25, 0.3) is 0 Å². The van der Waals surface area contributed by atoms with Gasteiger partial charge in [-0.15, -0.1) is 0 Å². The SMILES string of the molecule is CCCCCCC#Cc1ccc(CN(CCc2cccc(Cl)c2)OCC(=O)O)cc1. The summed E-state index contributed by atoms with van der Waals surface area (Å²) in [5, 5.41) is 11.3. The van der Waals surface area contributed by atoms with Gasteiger partial charge >= 0.3 is 5.97 Å². The number of rotatable bonds is 12. The number of hydrogen-bond acceptors (Lipinski definition) is 3. The Bertz CT molecular complexity index is 839. The van der Waals surface area contributed by atoms with Gasteiger partial charge in [0.2, 0.25) is 0 Å². The quantitative estimate of drug-likeness (QED) is 0.267. The summed E-state index contributed by atoms with van der Waals surface area (Å²) in [7, 11) is 0. The summed E-state index contributed by atoms with van der Waals surface area (Å²) in [6, 6.07) is 15.7. The molecule has 4 nitrogen and oxygen atoms in total. The molecule has 0 bridgehead atoms. The largest absolute Gasteiger partial charge is 0.479 e. The lowest BCUT2D eigenvalue weighted by molar-refractivity contribution is -0.185. The van der Waals surface area contributed by atoms with Gasteiger partial charge in [0.15, 0.2) is 6.61 Å². The Balaban J connectivity index is 1.90. The Kier molecular flexibility index (Phi) is 11.0. The second-order valence-corrected chi connectivity index (χ2v) is 7.66. The fourth-order valence-corrected chi connectivity index (χ4v) is 3.20. The van der Waals surface area contributed by atoms with E-state index in [0.29, 0.717) is 24.5 Å². The number of aliphatic carboxylic acids is 1. The molecule has 5 heteroatoms. The van der Waals surface area contributed by atoms with Crippen molar-refractivity contribution in [3.63, 3.8) is 0 Å². The number of carboxylic acids is 1. The van der Waals surface area contributed by atoms with E-state index in [4.69, 9.17) is 21.5 Å². The highest BCUT2D eigenvalue weighted by Gasteiger charge is 2.10. The summed E-state index contributed by atoms with van der Waals surface area (Å²) in [5.41, 5.74) is 3.11. The van der Waals surface area contributed by atoms with Gasteiger partial charge < -0.3 is 5.11 Å². The van der Waals surface area contributed by atoms with Crippen molar-refractivity contribution in [3.05, 3.63) is 70.2 Å². The number of hydroxylamine groups is 2. The third-order valence-electron chi connectivity index (χ3n) is 4.61. The minimum Gasteiger partial charge on any atom is -0.479 e. The number of carbonyl (C=O) groups is 1. The molecule has 0 aliphatic carbocycles. The van der Waals surface area contributed by atoms with Crippen LogP contribution in [0.3, 0.4) is 0 Å². The molecule has 0 radical (unpaired) electrons. The van der Waals surface area contributed by atoms with Crippen molar-refractivity contribution in [1.29, 1.82) is 0 Å². The Morgan fingerprint density at radius 1 is 1.10 bits per heavy atom. The molecule has 0 aliphatic rings. The van der Waals surface area contributed by atoms with Crippen molar-refractivity contribution >= 4 is 17.6 Å². The molecule has 0 aliphatic heterocycles. The van der Waals surface area contributed by atoms with E-state index in [2.05, 4.69) is 18.8 Å². The van der Waals surface area contributed by atoms with E-state index in [1.165, 1.54) is 19.3 Å². The van der Waals surface area contributed by atoms with Crippen LogP contribution >= 0.6 is 11.6 Å². The summed E-state index contributed by atoms with van der Waals surface area (Å²) in [4.78, 5) is 16.4. The molecule has 0 aromatic heterocycles. The summed E-state index contributed by atoms with van der Waals surface area (Å²) >= 11 is 6.04. The monoisotopic (exact) mass is 427 g/mol. The zero-order chi connectivity index (χ0) is 21.6. The molecule has 160 valence electrons. The van der Waals surface area contributed by atoms with Crippen LogP contribution in [0.4, 0.5) is 0 Å². The molecule has 0 unspecified atom stereocenters. The lowest BCUT2D eigenvalue weighted by atomic mass is 10.1. The maximum Gasteiger partial charge on any atom is 0.331 e. The molecule has 0 spiro atoms. The average molecular weight is 428 g/mol. The van der Waals surface area contributed by atoms with Crippen LogP contribution in [0.1, 0.15) is 55.7 Å². The molecular weight excluding hydrogens is 398 g/mol. The molecule has 0 saturated heterocycles. The predicted molar refractivity (Wildman–Crippen MR) is 121 cm³/mol. The minimum atomic E-state index is -0.993. The van der Waals surface area contributed by atoms with Crippen LogP contribution in [0.5, 0.6) is 0 Å². The lowest BCUT2D eigenvalue weighted by Gasteiger charge is -2.21. The van der Waals surface area contributed by atoms with E-state index < -0.39 is 5.97 Å². The van der Waals surface area contributed by atoms with E-state index in [0.717, 1.165) is 29.5 Å². The maximum absolute atomic E-state index is 10.9. The maximum atomic E-state index is 10.9. The summed E-state index contributed by atoms with van der Waals surface area (Å²) in [6.07, 6.45) is 6.55. The van der Waals surface area contributed by atoms with E-state index in [-0.39, 0.29) is 6.61 Å². The molecule has 0 fully saturated rings. The van der Waals surface area contributed by atoms with Crippen molar-refractivity contribution in [3.8, 4) is 11.8 Å². The van der Waals surface area contributed by atoms with Crippen molar-refractivity contribution < 1.29 is 14.7 Å². The van der Waals surface area contributed by atoms with Gasteiger partial charge in [0.1, 0.15) is 0 Å². The van der Waals surface area contributed by atoms with E-state index >= 15 is 0 Å². The fourth-order valence-electron chi connectivity index (χ4n) is 2.98. The van der Waals surface area contributed by atoms with E-state index in [9.17, 15) is 4.79 Å². The third kappa shape index (κ3) is 9.93. The first kappa shape index (κ1) is 24.0. The predicted octanol–water partition coefficient (Wildman–Crippen LogP) is 5.72. The van der Waals surface area contributed by atoms with Crippen molar-refractivity contribution in [2.24, 2.45) is 0 Å². The van der Waals surface area contributed by atoms with Gasteiger partial charge in [-0.1, -0.05) is 73.9 Å². The lowest BCUT2D eigenvalue weighted by Crippen LogP contribution is -2.28. The zero-order valence-corrected chi connectivity index (χ0v) is 18.3. The Hall–Kier alpha value is -2.32. The van der Waals surface area contributed by atoms with Crippen LogP contribution in [0.15, 0.2) is 48.5 Å². The number of benzene rings is 2. The Morgan fingerprint density at radius 2 is 1.90 bits per heavy atom. The zero-order valence-electron chi connectivity index (χ0n) is 17.6. The molecule has 0 atom stereocenters. The van der Waals surface area contributed by atoms with Crippen molar-refractivity contribution in [2.75, 3.05) is 13.2 Å². The first-order chi connectivity index (χ1) is 14.6. The number of hydrogen-bond donors (Lipinski definition) is 1.